The van der Waals surface area contributed by atoms with Gasteiger partial charge in [0, 0.05) is 15.8 Å². The normalized spacial score (nSPS) is 14.7. The molecule has 0 radical (unpaired) electrons. The predicted molar refractivity (Wildman–Crippen MR) is 90.1 cm³/mol. The average Bonchev–Trinajstić information content (AvgIpc) is 2.93. The van der Waals surface area contributed by atoms with Crippen LogP contribution >= 0.6 is 15.9 Å². The van der Waals surface area contributed by atoms with Gasteiger partial charge in [0.15, 0.2) is 0 Å². The molecule has 0 bridgehead atoms. The maximum Gasteiger partial charge on any atom is 0.414 e. The highest BCUT2D eigenvalue weighted by Gasteiger charge is 2.24. The first-order valence-electron chi connectivity index (χ1n) is 6.78. The number of sulfonamides is 1. The minimum absolute atomic E-state index is 0.119. The Labute approximate surface area is 142 Å². The molecule has 23 heavy (non-hydrogen) atoms. The van der Waals surface area contributed by atoms with Gasteiger partial charge < -0.3 is 4.74 Å². The summed E-state index contributed by atoms with van der Waals surface area (Å²) in [6, 6.07) is 13.0. The van der Waals surface area contributed by atoms with Crippen molar-refractivity contribution >= 4 is 43.4 Å². The van der Waals surface area contributed by atoms with E-state index < -0.39 is 16.1 Å². The monoisotopic (exact) mass is 396 g/mol. The second-order valence-corrected chi connectivity index (χ2v) is 7.47. The second-order valence-electron chi connectivity index (χ2n) is 4.88. The van der Waals surface area contributed by atoms with E-state index in [1.165, 1.54) is 17.0 Å². The molecule has 1 fully saturated rings. The highest BCUT2D eigenvalue weighted by Crippen LogP contribution is 2.23. The van der Waals surface area contributed by atoms with Gasteiger partial charge in [0.05, 0.1) is 11.4 Å². The van der Waals surface area contributed by atoms with Crippen molar-refractivity contribution in [3.63, 3.8) is 0 Å². The minimum atomic E-state index is -3.69. The zero-order valence-corrected chi connectivity index (χ0v) is 14.3. The van der Waals surface area contributed by atoms with E-state index in [-0.39, 0.29) is 4.90 Å². The number of amides is 1. The Hall–Kier alpha value is -2.06. The zero-order chi connectivity index (χ0) is 16.4. The van der Waals surface area contributed by atoms with Crippen molar-refractivity contribution in [1.29, 1.82) is 0 Å². The number of nitrogens with zero attached hydrogens (tertiary/aromatic N) is 1. The molecule has 1 amide bonds. The van der Waals surface area contributed by atoms with Gasteiger partial charge in [0.1, 0.15) is 6.61 Å². The number of halogens is 1. The number of hydrogen-bond donors (Lipinski definition) is 1. The number of hydrogen-bond acceptors (Lipinski definition) is 4. The summed E-state index contributed by atoms with van der Waals surface area (Å²) in [7, 11) is -3.69. The van der Waals surface area contributed by atoms with Crippen molar-refractivity contribution in [2.75, 3.05) is 22.8 Å². The van der Waals surface area contributed by atoms with Crippen molar-refractivity contribution in [3.05, 3.63) is 53.0 Å². The van der Waals surface area contributed by atoms with E-state index in [0.29, 0.717) is 24.5 Å². The number of carbonyl (C=O) groups is 1. The maximum absolute atomic E-state index is 12.4. The Kier molecular flexibility index (Phi) is 4.27. The molecule has 1 aliphatic rings. The first-order valence-corrected chi connectivity index (χ1v) is 9.06. The first kappa shape index (κ1) is 15.8. The van der Waals surface area contributed by atoms with E-state index in [2.05, 4.69) is 20.7 Å². The van der Waals surface area contributed by atoms with Gasteiger partial charge in [-0.2, -0.15) is 0 Å². The fourth-order valence-electron chi connectivity index (χ4n) is 2.20. The molecule has 1 saturated heterocycles. The summed E-state index contributed by atoms with van der Waals surface area (Å²) < 4.78 is 32.9. The van der Waals surface area contributed by atoms with Gasteiger partial charge in [-0.05, 0) is 42.5 Å². The lowest BCUT2D eigenvalue weighted by molar-refractivity contribution is 0.181. The average molecular weight is 397 g/mol. The van der Waals surface area contributed by atoms with Crippen molar-refractivity contribution in [3.8, 4) is 0 Å². The lowest BCUT2D eigenvalue weighted by Crippen LogP contribution is -2.23. The number of ether oxygens (including phenoxy) is 1. The molecule has 120 valence electrons. The standard InChI is InChI=1S/C15H13BrN2O4S/c16-11-2-1-3-12(10-11)17-23(20,21)14-6-4-13(5-7-14)18-8-9-22-15(18)19/h1-7,10,17H,8-9H2. The molecule has 1 aliphatic heterocycles. The molecule has 3 rings (SSSR count). The highest BCUT2D eigenvalue weighted by molar-refractivity contribution is 9.10. The molecule has 0 aromatic heterocycles. The number of nitrogens with one attached hydrogen (secondary N) is 1. The van der Waals surface area contributed by atoms with Gasteiger partial charge in [0.25, 0.3) is 10.0 Å². The van der Waals surface area contributed by atoms with E-state index >= 15 is 0 Å². The summed E-state index contributed by atoms with van der Waals surface area (Å²) in [5.74, 6) is 0. The molecule has 2 aromatic rings. The van der Waals surface area contributed by atoms with E-state index in [4.69, 9.17) is 4.74 Å². The van der Waals surface area contributed by atoms with Crippen molar-refractivity contribution in [1.82, 2.24) is 0 Å². The van der Waals surface area contributed by atoms with Gasteiger partial charge in [-0.15, -0.1) is 0 Å². The Morgan fingerprint density at radius 3 is 2.48 bits per heavy atom. The highest BCUT2D eigenvalue weighted by atomic mass is 79.9. The van der Waals surface area contributed by atoms with Crippen LogP contribution in [-0.4, -0.2) is 27.7 Å². The van der Waals surface area contributed by atoms with Crippen LogP contribution in [0.3, 0.4) is 0 Å². The Bertz CT molecular complexity index is 837. The van der Waals surface area contributed by atoms with Gasteiger partial charge in [-0.25, -0.2) is 13.2 Å². The van der Waals surface area contributed by atoms with E-state index in [9.17, 15) is 13.2 Å². The molecule has 0 spiro atoms. The van der Waals surface area contributed by atoms with Crippen LogP contribution in [0.15, 0.2) is 57.9 Å². The molecule has 0 saturated carbocycles. The fraction of sp³-hybridized carbons (Fsp3) is 0.133. The summed E-state index contributed by atoms with van der Waals surface area (Å²) in [6.45, 7) is 0.796. The summed E-state index contributed by atoms with van der Waals surface area (Å²) in [4.78, 5) is 13.1. The molecule has 1 N–H and O–H groups in total. The summed E-state index contributed by atoms with van der Waals surface area (Å²) in [5.41, 5.74) is 1.07. The number of rotatable bonds is 4. The summed E-state index contributed by atoms with van der Waals surface area (Å²) in [6.07, 6.45) is -0.423. The molecule has 0 atom stereocenters. The maximum atomic E-state index is 12.4. The molecule has 6 nitrogen and oxygen atoms in total. The van der Waals surface area contributed by atoms with Crippen LogP contribution in [-0.2, 0) is 14.8 Å². The lowest BCUT2D eigenvalue weighted by Gasteiger charge is -2.13. The Balaban J connectivity index is 1.81. The number of anilines is 2. The summed E-state index contributed by atoms with van der Waals surface area (Å²) >= 11 is 3.29. The number of benzene rings is 2. The minimum Gasteiger partial charge on any atom is -0.447 e. The number of cyclic esters (lactones) is 1. The molecular weight excluding hydrogens is 384 g/mol. The smallest absolute Gasteiger partial charge is 0.414 e. The Morgan fingerprint density at radius 2 is 1.87 bits per heavy atom. The van der Waals surface area contributed by atoms with Gasteiger partial charge in [-0.1, -0.05) is 22.0 Å². The SMILES string of the molecule is O=C1OCCN1c1ccc(S(=O)(=O)Nc2cccc(Br)c2)cc1. The van der Waals surface area contributed by atoms with Crippen LogP contribution in [0.5, 0.6) is 0 Å². The van der Waals surface area contributed by atoms with Crippen molar-refractivity contribution in [2.45, 2.75) is 4.90 Å². The molecule has 2 aromatic carbocycles. The third-order valence-electron chi connectivity index (χ3n) is 3.30. The topological polar surface area (TPSA) is 75.7 Å². The molecule has 8 heteroatoms. The van der Waals surface area contributed by atoms with Crippen LogP contribution in [0.2, 0.25) is 0 Å². The third-order valence-corrected chi connectivity index (χ3v) is 5.19. The van der Waals surface area contributed by atoms with Gasteiger partial charge >= 0.3 is 6.09 Å². The van der Waals surface area contributed by atoms with E-state index in [1.54, 1.807) is 30.3 Å². The third kappa shape index (κ3) is 3.48. The fourth-order valence-corrected chi connectivity index (χ4v) is 3.65. The van der Waals surface area contributed by atoms with Crippen molar-refractivity contribution in [2.24, 2.45) is 0 Å². The van der Waals surface area contributed by atoms with Crippen molar-refractivity contribution < 1.29 is 17.9 Å². The van der Waals surface area contributed by atoms with E-state index in [1.807, 2.05) is 6.07 Å². The Morgan fingerprint density at radius 1 is 1.13 bits per heavy atom. The molecule has 0 aliphatic carbocycles. The number of carbonyl (C=O) groups excluding carboxylic acids is 1. The largest absolute Gasteiger partial charge is 0.447 e. The first-order chi connectivity index (χ1) is 11.0. The molecule has 0 unspecified atom stereocenters. The summed E-state index contributed by atoms with van der Waals surface area (Å²) in [5, 5.41) is 0. The second kappa shape index (κ2) is 6.21. The molecule has 1 heterocycles. The van der Waals surface area contributed by atoms with Crippen LogP contribution in [0.4, 0.5) is 16.2 Å². The van der Waals surface area contributed by atoms with Crippen LogP contribution < -0.4 is 9.62 Å². The predicted octanol–water partition coefficient (Wildman–Crippen LogP) is 3.21. The molecular formula is C15H13BrN2O4S. The van der Waals surface area contributed by atoms with Gasteiger partial charge in [0.2, 0.25) is 0 Å². The lowest BCUT2D eigenvalue weighted by atomic mass is 10.3. The van der Waals surface area contributed by atoms with Crippen LogP contribution in [0.25, 0.3) is 0 Å². The van der Waals surface area contributed by atoms with Gasteiger partial charge in [-0.3, -0.25) is 9.62 Å². The zero-order valence-electron chi connectivity index (χ0n) is 11.9. The quantitative estimate of drug-likeness (QED) is 0.860. The van der Waals surface area contributed by atoms with Crippen LogP contribution in [0, 0.1) is 0 Å². The van der Waals surface area contributed by atoms with Crippen LogP contribution in [0.1, 0.15) is 0 Å². The van der Waals surface area contributed by atoms with E-state index in [0.717, 1.165) is 4.47 Å².